The fraction of sp³-hybridized carbons (Fsp3) is 0.412. The number of piperidine rings is 1. The van der Waals surface area contributed by atoms with Gasteiger partial charge in [0.15, 0.2) is 5.76 Å². The van der Waals surface area contributed by atoms with Crippen LogP contribution in [0.15, 0.2) is 38.2 Å². The molecule has 0 radical (unpaired) electrons. The normalized spacial score (nSPS) is 16.0. The van der Waals surface area contributed by atoms with Crippen molar-refractivity contribution in [1.29, 1.82) is 0 Å². The van der Waals surface area contributed by atoms with Gasteiger partial charge in [-0.05, 0) is 44.9 Å². The van der Waals surface area contributed by atoms with Crippen molar-refractivity contribution in [1.82, 2.24) is 14.8 Å². The molecule has 0 bridgehead atoms. The second kappa shape index (κ2) is 7.50. The van der Waals surface area contributed by atoms with E-state index in [4.69, 9.17) is 4.52 Å². The molecular weight excluding hydrogens is 422 g/mol. The Kier molecular flexibility index (Phi) is 5.50. The van der Waals surface area contributed by atoms with E-state index in [0.29, 0.717) is 37.2 Å². The Morgan fingerprint density at radius 2 is 2.00 bits per heavy atom. The van der Waals surface area contributed by atoms with Gasteiger partial charge in [0.1, 0.15) is 10.6 Å². The van der Waals surface area contributed by atoms with Gasteiger partial charge in [0.2, 0.25) is 10.0 Å². The lowest BCUT2D eigenvalue weighted by molar-refractivity contribution is 0.0711. The number of rotatable bonds is 4. The van der Waals surface area contributed by atoms with Gasteiger partial charge >= 0.3 is 0 Å². The van der Waals surface area contributed by atoms with E-state index >= 15 is 0 Å². The molecule has 7 nitrogen and oxygen atoms in total. The van der Waals surface area contributed by atoms with Crippen molar-refractivity contribution in [3.05, 3.63) is 45.8 Å². The van der Waals surface area contributed by atoms with Crippen LogP contribution >= 0.6 is 15.9 Å². The Hall–Kier alpha value is -1.71. The monoisotopic (exact) mass is 441 g/mol. The highest BCUT2D eigenvalue weighted by Crippen LogP contribution is 2.22. The summed E-state index contributed by atoms with van der Waals surface area (Å²) in [6.07, 6.45) is 1.12. The summed E-state index contributed by atoms with van der Waals surface area (Å²) >= 11 is 3.37. The minimum Gasteiger partial charge on any atom is -0.360 e. The topological polar surface area (TPSA) is 92.5 Å². The molecule has 1 fully saturated rings. The maximum atomic E-state index is 12.6. The number of hydrogen-bond donors (Lipinski definition) is 1. The van der Waals surface area contributed by atoms with Crippen molar-refractivity contribution < 1.29 is 17.7 Å². The van der Waals surface area contributed by atoms with Gasteiger partial charge in [0.05, 0.1) is 0 Å². The van der Waals surface area contributed by atoms with Crippen LogP contribution in [0.1, 0.15) is 34.7 Å². The van der Waals surface area contributed by atoms with Gasteiger partial charge in [-0.3, -0.25) is 4.79 Å². The van der Waals surface area contributed by atoms with E-state index in [1.165, 1.54) is 0 Å². The van der Waals surface area contributed by atoms with Crippen LogP contribution in [0.25, 0.3) is 0 Å². The molecule has 9 heteroatoms. The van der Waals surface area contributed by atoms with Crippen LogP contribution in [-0.2, 0) is 10.0 Å². The molecular formula is C17H20BrN3O4S. The number of carbonyl (C=O) groups excluding carboxylic acids is 1. The third-order valence-electron chi connectivity index (χ3n) is 4.41. The van der Waals surface area contributed by atoms with Crippen LogP contribution in [0, 0.1) is 13.8 Å². The number of likely N-dealkylation sites (tertiary alicyclic amines) is 1. The summed E-state index contributed by atoms with van der Waals surface area (Å²) in [5.74, 6) is 0.232. The highest BCUT2D eigenvalue weighted by Gasteiger charge is 2.30. The van der Waals surface area contributed by atoms with Crippen molar-refractivity contribution in [2.24, 2.45) is 0 Å². The van der Waals surface area contributed by atoms with Crippen molar-refractivity contribution in [2.45, 2.75) is 37.6 Å². The molecule has 1 aliphatic rings. The number of aromatic nitrogens is 1. The third kappa shape index (κ3) is 3.99. The zero-order chi connectivity index (χ0) is 18.9. The summed E-state index contributed by atoms with van der Waals surface area (Å²) in [6.45, 7) is 4.18. The molecule has 1 aliphatic heterocycles. The Morgan fingerprint density at radius 3 is 2.58 bits per heavy atom. The second-order valence-corrected chi connectivity index (χ2v) is 8.92. The fourth-order valence-corrected chi connectivity index (χ4v) is 5.17. The zero-order valence-electron chi connectivity index (χ0n) is 14.5. The van der Waals surface area contributed by atoms with Gasteiger partial charge < -0.3 is 9.42 Å². The Bertz CT molecular complexity index is 898. The van der Waals surface area contributed by atoms with Crippen LogP contribution in [-0.4, -0.2) is 43.5 Å². The van der Waals surface area contributed by atoms with Crippen LogP contribution in [0.4, 0.5) is 0 Å². The lowest BCUT2D eigenvalue weighted by Crippen LogP contribution is -2.46. The fourth-order valence-electron chi connectivity index (χ4n) is 3.14. The number of nitrogens with one attached hydrogen (secondary N) is 1. The number of aryl methyl sites for hydroxylation is 2. The van der Waals surface area contributed by atoms with Gasteiger partial charge in [0, 0.05) is 29.2 Å². The summed E-state index contributed by atoms with van der Waals surface area (Å²) in [5.41, 5.74) is 0.964. The number of halogens is 1. The van der Waals surface area contributed by atoms with Crippen molar-refractivity contribution in [3.8, 4) is 0 Å². The van der Waals surface area contributed by atoms with Gasteiger partial charge in [-0.15, -0.1) is 0 Å². The maximum absolute atomic E-state index is 12.6. The van der Waals surface area contributed by atoms with E-state index in [1.807, 2.05) is 12.1 Å². The molecule has 0 saturated carbocycles. The zero-order valence-corrected chi connectivity index (χ0v) is 16.9. The SMILES string of the molecule is Cc1noc(C)c1S(=O)(=O)NC1CCN(C(=O)c2cccc(Br)c2)CC1. The minimum atomic E-state index is -3.69. The van der Waals surface area contributed by atoms with Crippen molar-refractivity contribution in [3.63, 3.8) is 0 Å². The van der Waals surface area contributed by atoms with Crippen molar-refractivity contribution in [2.75, 3.05) is 13.1 Å². The summed E-state index contributed by atoms with van der Waals surface area (Å²) < 4.78 is 33.7. The number of benzene rings is 1. The van der Waals surface area contributed by atoms with E-state index in [1.54, 1.807) is 30.9 Å². The molecule has 0 atom stereocenters. The number of hydrogen-bond acceptors (Lipinski definition) is 5. The lowest BCUT2D eigenvalue weighted by atomic mass is 10.0. The van der Waals surface area contributed by atoms with E-state index in [-0.39, 0.29) is 22.6 Å². The van der Waals surface area contributed by atoms with E-state index in [2.05, 4.69) is 25.8 Å². The second-order valence-electron chi connectivity index (χ2n) is 6.35. The van der Waals surface area contributed by atoms with Gasteiger partial charge in [-0.1, -0.05) is 27.2 Å². The largest absolute Gasteiger partial charge is 0.360 e. The summed E-state index contributed by atoms with van der Waals surface area (Å²) in [6, 6.07) is 7.03. The minimum absolute atomic E-state index is 0.0432. The molecule has 1 saturated heterocycles. The standard InChI is InChI=1S/C17H20BrN3O4S/c1-11-16(12(2)25-19-11)26(23,24)20-15-6-8-21(9-7-15)17(22)13-4-3-5-14(18)10-13/h3-5,10,15,20H,6-9H2,1-2H3. The highest BCUT2D eigenvalue weighted by molar-refractivity contribution is 9.10. The first-order valence-electron chi connectivity index (χ1n) is 8.28. The van der Waals surface area contributed by atoms with Crippen LogP contribution < -0.4 is 4.72 Å². The smallest absolute Gasteiger partial charge is 0.253 e. The molecule has 0 unspecified atom stereocenters. The molecule has 3 rings (SSSR count). The average Bonchev–Trinajstić information content (AvgIpc) is 2.94. The lowest BCUT2D eigenvalue weighted by Gasteiger charge is -2.32. The molecule has 0 aliphatic carbocycles. The van der Waals surface area contributed by atoms with E-state index in [9.17, 15) is 13.2 Å². The summed E-state index contributed by atoms with van der Waals surface area (Å²) in [4.78, 5) is 14.4. The molecule has 26 heavy (non-hydrogen) atoms. The molecule has 2 aromatic rings. The van der Waals surface area contributed by atoms with Gasteiger partial charge in [0.25, 0.3) is 5.91 Å². The van der Waals surface area contributed by atoms with Gasteiger partial charge in [-0.2, -0.15) is 0 Å². The quantitative estimate of drug-likeness (QED) is 0.786. The number of carbonyl (C=O) groups is 1. The third-order valence-corrected chi connectivity index (χ3v) is 6.67. The molecule has 1 aromatic carbocycles. The molecule has 0 spiro atoms. The van der Waals surface area contributed by atoms with Gasteiger partial charge in [-0.25, -0.2) is 13.1 Å². The Labute approximate surface area is 160 Å². The number of nitrogens with zero attached hydrogens (tertiary/aromatic N) is 2. The van der Waals surface area contributed by atoms with E-state index in [0.717, 1.165) is 4.47 Å². The predicted molar refractivity (Wildman–Crippen MR) is 99.4 cm³/mol. The van der Waals surface area contributed by atoms with Crippen LogP contribution in [0.5, 0.6) is 0 Å². The van der Waals surface area contributed by atoms with E-state index < -0.39 is 10.0 Å². The predicted octanol–water partition coefficient (Wildman–Crippen LogP) is 2.64. The highest BCUT2D eigenvalue weighted by atomic mass is 79.9. The molecule has 2 heterocycles. The first kappa shape index (κ1) is 19.1. The van der Waals surface area contributed by atoms with Crippen molar-refractivity contribution >= 4 is 31.9 Å². The molecule has 140 valence electrons. The number of sulfonamides is 1. The molecule has 1 aromatic heterocycles. The Balaban J connectivity index is 1.63. The van der Waals surface area contributed by atoms with Crippen LogP contribution in [0.3, 0.4) is 0 Å². The molecule has 1 N–H and O–H groups in total. The maximum Gasteiger partial charge on any atom is 0.253 e. The Morgan fingerprint density at radius 1 is 1.31 bits per heavy atom. The average molecular weight is 442 g/mol. The first-order chi connectivity index (χ1) is 12.3. The first-order valence-corrected chi connectivity index (χ1v) is 10.6. The molecule has 1 amide bonds. The number of amides is 1. The summed E-state index contributed by atoms with van der Waals surface area (Å²) in [7, 11) is -3.69. The summed E-state index contributed by atoms with van der Waals surface area (Å²) in [5, 5.41) is 3.70. The van der Waals surface area contributed by atoms with Crippen LogP contribution in [0.2, 0.25) is 0 Å².